The maximum Gasteiger partial charge on any atom is 0.404 e. The molecule has 0 saturated heterocycles. The Morgan fingerprint density at radius 2 is 2.04 bits per heavy atom. The lowest BCUT2D eigenvalue weighted by Crippen LogP contribution is -2.37. The molecule has 0 spiro atoms. The van der Waals surface area contributed by atoms with E-state index in [0.29, 0.717) is 16.9 Å². The molecule has 1 aromatic heterocycles. The molecule has 2 aromatic rings. The average Bonchev–Trinajstić information content (AvgIpc) is 2.79. The third-order valence-corrected chi connectivity index (χ3v) is 5.33. The fourth-order valence-electron chi connectivity index (χ4n) is 4.02. The molecule has 25 heavy (non-hydrogen) atoms. The van der Waals surface area contributed by atoms with Crippen molar-refractivity contribution in [2.24, 2.45) is 5.73 Å². The van der Waals surface area contributed by atoms with E-state index < -0.39 is 12.0 Å². The lowest BCUT2D eigenvalue weighted by atomic mass is 9.79. The van der Waals surface area contributed by atoms with Gasteiger partial charge in [-0.2, -0.15) is 4.79 Å². The zero-order valence-electron chi connectivity index (χ0n) is 14.3. The quantitative estimate of drug-likeness (QED) is 0.794. The number of fused-ring (bicyclic) bond motifs is 1. The van der Waals surface area contributed by atoms with E-state index in [2.05, 4.69) is 5.32 Å². The van der Waals surface area contributed by atoms with E-state index >= 15 is 0 Å². The van der Waals surface area contributed by atoms with Crippen LogP contribution in [0.2, 0.25) is 0 Å². The van der Waals surface area contributed by atoms with E-state index in [1.807, 2.05) is 13.0 Å². The van der Waals surface area contributed by atoms with Gasteiger partial charge in [0.25, 0.3) is 5.91 Å². The van der Waals surface area contributed by atoms with Crippen molar-refractivity contribution in [3.8, 4) is 0 Å². The van der Waals surface area contributed by atoms with Gasteiger partial charge in [0.2, 0.25) is 0 Å². The highest BCUT2D eigenvalue weighted by atomic mass is 19.2. The van der Waals surface area contributed by atoms with Crippen LogP contribution >= 0.6 is 0 Å². The van der Waals surface area contributed by atoms with Crippen molar-refractivity contribution in [1.82, 2.24) is 10.1 Å². The van der Waals surface area contributed by atoms with Crippen LogP contribution in [-0.2, 0) is 0 Å². The number of nitrogens with two attached hydrogens (primary N) is 1. The van der Waals surface area contributed by atoms with Crippen molar-refractivity contribution in [3.63, 3.8) is 0 Å². The minimum atomic E-state index is -1.03. The predicted octanol–water partition coefficient (Wildman–Crippen LogP) is 3.38. The zero-order chi connectivity index (χ0) is 18.3. The number of aromatic nitrogens is 1. The molecule has 7 heteroatoms. The first kappa shape index (κ1) is 17.3. The summed E-state index contributed by atoms with van der Waals surface area (Å²) in [7, 11) is 0. The van der Waals surface area contributed by atoms with Gasteiger partial charge in [0.1, 0.15) is 0 Å². The molecule has 0 radical (unpaired) electrons. The molecule has 1 unspecified atom stereocenters. The molecular weight excluding hydrogens is 325 g/mol. The SMILES string of the molecule is Cc1c(C)n(F)c2c(C(N)=O)ccc(C3CCC[C@H](NC(=O)O)C3)c12. The summed E-state index contributed by atoms with van der Waals surface area (Å²) in [6.45, 7) is 3.50. The molecule has 3 rings (SSSR count). The van der Waals surface area contributed by atoms with Crippen molar-refractivity contribution in [3.05, 3.63) is 34.5 Å². The zero-order valence-corrected chi connectivity index (χ0v) is 14.3. The lowest BCUT2D eigenvalue weighted by molar-refractivity contribution is 0.100. The van der Waals surface area contributed by atoms with Gasteiger partial charge in [-0.3, -0.25) is 4.79 Å². The topological polar surface area (TPSA) is 97.4 Å². The first-order valence-electron chi connectivity index (χ1n) is 8.41. The van der Waals surface area contributed by atoms with Gasteiger partial charge >= 0.3 is 6.09 Å². The second-order valence-electron chi connectivity index (χ2n) is 6.79. The fourth-order valence-corrected chi connectivity index (χ4v) is 4.02. The predicted molar refractivity (Wildman–Crippen MR) is 92.6 cm³/mol. The Hall–Kier alpha value is -2.57. The molecule has 0 aliphatic heterocycles. The van der Waals surface area contributed by atoms with Crippen LogP contribution in [0.5, 0.6) is 0 Å². The minimum absolute atomic E-state index is 0.107. The number of carbonyl (C=O) groups is 2. The van der Waals surface area contributed by atoms with Crippen LogP contribution in [0.4, 0.5) is 9.28 Å². The molecule has 1 heterocycles. The number of aryl methyl sites for hydroxylation is 1. The smallest absolute Gasteiger partial charge is 0.404 e. The van der Waals surface area contributed by atoms with E-state index in [9.17, 15) is 14.1 Å². The van der Waals surface area contributed by atoms with Crippen molar-refractivity contribution in [1.29, 1.82) is 0 Å². The van der Waals surface area contributed by atoms with Crippen LogP contribution in [0.1, 0.15) is 58.8 Å². The molecule has 2 amide bonds. The summed E-state index contributed by atoms with van der Waals surface area (Å²) in [6.07, 6.45) is 2.23. The molecule has 6 nitrogen and oxygen atoms in total. The van der Waals surface area contributed by atoms with Gasteiger partial charge < -0.3 is 16.2 Å². The molecule has 1 aliphatic carbocycles. The molecule has 134 valence electrons. The maximum absolute atomic E-state index is 14.7. The first-order valence-corrected chi connectivity index (χ1v) is 8.41. The van der Waals surface area contributed by atoms with Crippen LogP contribution < -0.4 is 11.1 Å². The Balaban J connectivity index is 2.11. The number of halogens is 1. The van der Waals surface area contributed by atoms with Gasteiger partial charge in [-0.1, -0.05) is 17.0 Å². The van der Waals surface area contributed by atoms with Crippen LogP contribution in [0.25, 0.3) is 10.9 Å². The number of nitrogens with zero attached hydrogens (tertiary/aromatic N) is 1. The van der Waals surface area contributed by atoms with E-state index in [0.717, 1.165) is 35.8 Å². The molecule has 4 N–H and O–H groups in total. The van der Waals surface area contributed by atoms with Gasteiger partial charge in [0, 0.05) is 11.4 Å². The lowest BCUT2D eigenvalue weighted by Gasteiger charge is -2.30. The summed E-state index contributed by atoms with van der Waals surface area (Å²) in [4.78, 5) is 23.2. The number of carboxylic acid groups (broad SMARTS) is 1. The average molecular weight is 347 g/mol. The Labute approximate surface area is 144 Å². The fraction of sp³-hybridized carbons (Fsp3) is 0.444. The molecule has 1 fully saturated rings. The summed E-state index contributed by atoms with van der Waals surface area (Å²) in [6, 6.07) is 3.29. The highest BCUT2D eigenvalue weighted by Gasteiger charge is 2.28. The van der Waals surface area contributed by atoms with E-state index in [4.69, 9.17) is 10.8 Å². The van der Waals surface area contributed by atoms with Gasteiger partial charge in [0.05, 0.1) is 16.8 Å². The van der Waals surface area contributed by atoms with E-state index in [-0.39, 0.29) is 23.0 Å². The maximum atomic E-state index is 14.7. The van der Waals surface area contributed by atoms with Gasteiger partial charge in [0.15, 0.2) is 0 Å². The standard InChI is InChI=1S/C18H22FN3O3/c1-9-10(2)22(19)16-14(17(20)23)7-6-13(15(9)16)11-4-3-5-12(8-11)21-18(24)25/h6-7,11-12,21H,3-5,8H2,1-2H3,(H2,20,23)(H,24,25)/t11?,12-/m0/s1. The molecule has 1 aromatic carbocycles. The van der Waals surface area contributed by atoms with Crippen LogP contribution in [0.3, 0.4) is 0 Å². The van der Waals surface area contributed by atoms with Crippen LogP contribution in [-0.4, -0.2) is 27.9 Å². The summed E-state index contributed by atoms with van der Waals surface area (Å²) in [5.41, 5.74) is 7.98. The molecular formula is C18H22FN3O3. The Kier molecular flexibility index (Phi) is 4.41. The van der Waals surface area contributed by atoms with E-state index in [1.165, 1.54) is 0 Å². The third-order valence-electron chi connectivity index (χ3n) is 5.33. The number of amides is 2. The van der Waals surface area contributed by atoms with Crippen molar-refractivity contribution >= 4 is 22.9 Å². The highest BCUT2D eigenvalue weighted by Crippen LogP contribution is 2.40. The summed E-state index contributed by atoms with van der Waals surface area (Å²) < 4.78 is 14.7. The number of hydrogen-bond donors (Lipinski definition) is 3. The molecule has 1 aliphatic rings. The summed E-state index contributed by atoms with van der Waals surface area (Å²) in [5.74, 6) is -0.558. The van der Waals surface area contributed by atoms with Crippen LogP contribution in [0, 0.1) is 13.8 Å². The molecule has 1 saturated carbocycles. The normalized spacial score (nSPS) is 20.6. The van der Waals surface area contributed by atoms with Gasteiger partial charge in [-0.15, -0.1) is 0 Å². The Bertz CT molecular complexity index is 859. The van der Waals surface area contributed by atoms with Crippen molar-refractivity contribution < 1.29 is 19.2 Å². The second kappa shape index (κ2) is 6.38. The van der Waals surface area contributed by atoms with E-state index in [1.54, 1.807) is 13.0 Å². The second-order valence-corrected chi connectivity index (χ2v) is 6.79. The Morgan fingerprint density at radius 1 is 1.32 bits per heavy atom. The largest absolute Gasteiger partial charge is 0.465 e. The highest BCUT2D eigenvalue weighted by molar-refractivity contribution is 6.07. The van der Waals surface area contributed by atoms with Crippen molar-refractivity contribution in [2.75, 3.05) is 0 Å². The minimum Gasteiger partial charge on any atom is -0.465 e. The summed E-state index contributed by atoms with van der Waals surface area (Å²) in [5, 5.41) is 12.2. The van der Waals surface area contributed by atoms with Gasteiger partial charge in [-0.25, -0.2) is 4.79 Å². The third kappa shape index (κ3) is 2.94. The van der Waals surface area contributed by atoms with Crippen LogP contribution in [0.15, 0.2) is 12.1 Å². The molecule has 2 atom stereocenters. The Morgan fingerprint density at radius 3 is 2.68 bits per heavy atom. The number of carbonyl (C=O) groups excluding carboxylic acids is 1. The molecule has 0 bridgehead atoms. The van der Waals surface area contributed by atoms with Crippen molar-refractivity contribution in [2.45, 2.75) is 51.5 Å². The van der Waals surface area contributed by atoms with Gasteiger partial charge in [-0.05, 0) is 56.2 Å². The number of primary amides is 1. The number of rotatable bonds is 3. The first-order chi connectivity index (χ1) is 11.8. The summed E-state index contributed by atoms with van der Waals surface area (Å²) >= 11 is 0. The monoisotopic (exact) mass is 347 g/mol. The number of nitrogens with one attached hydrogen (secondary N) is 1. The number of benzene rings is 1. The number of hydrogen-bond acceptors (Lipinski definition) is 2.